The van der Waals surface area contributed by atoms with Gasteiger partial charge in [-0.25, -0.2) is 0 Å². The van der Waals surface area contributed by atoms with Gasteiger partial charge in [-0.1, -0.05) is 17.6 Å². The number of thiophene rings is 1. The Morgan fingerprint density at radius 3 is 3.22 bits per heavy atom. The third kappa shape index (κ3) is 2.47. The second kappa shape index (κ2) is 5.20. The van der Waals surface area contributed by atoms with Crippen LogP contribution in [0.3, 0.4) is 0 Å². The van der Waals surface area contributed by atoms with E-state index in [1.807, 2.05) is 17.5 Å². The normalized spacial score (nSPS) is 21.3. The summed E-state index contributed by atoms with van der Waals surface area (Å²) < 4.78 is 5.34. The van der Waals surface area contributed by atoms with E-state index in [0.29, 0.717) is 11.9 Å². The summed E-state index contributed by atoms with van der Waals surface area (Å²) in [4.78, 5) is 7.96. The van der Waals surface area contributed by atoms with E-state index < -0.39 is 0 Å². The van der Waals surface area contributed by atoms with Crippen LogP contribution in [-0.4, -0.2) is 27.6 Å². The quantitative estimate of drug-likeness (QED) is 0.853. The average molecular weight is 263 g/mol. The first-order valence-corrected chi connectivity index (χ1v) is 7.31. The van der Waals surface area contributed by atoms with Gasteiger partial charge >= 0.3 is 0 Å². The minimum absolute atomic E-state index is 0.621. The molecule has 0 radical (unpaired) electrons. The fourth-order valence-electron chi connectivity index (χ4n) is 2.39. The summed E-state index contributed by atoms with van der Waals surface area (Å²) in [6.45, 7) is 4.19. The van der Waals surface area contributed by atoms with Crippen molar-refractivity contribution < 1.29 is 4.52 Å². The summed E-state index contributed by atoms with van der Waals surface area (Å²) in [5, 5.41) is 6.07. The smallest absolute Gasteiger partial charge is 0.241 e. The van der Waals surface area contributed by atoms with E-state index in [4.69, 9.17) is 4.52 Å². The zero-order valence-corrected chi connectivity index (χ0v) is 11.3. The molecule has 1 saturated heterocycles. The zero-order valence-electron chi connectivity index (χ0n) is 10.5. The van der Waals surface area contributed by atoms with Crippen molar-refractivity contribution in [2.24, 2.45) is 0 Å². The van der Waals surface area contributed by atoms with E-state index in [-0.39, 0.29) is 0 Å². The fourth-order valence-corrected chi connectivity index (χ4v) is 3.04. The Morgan fingerprint density at radius 1 is 1.50 bits per heavy atom. The Morgan fingerprint density at radius 2 is 2.44 bits per heavy atom. The van der Waals surface area contributed by atoms with Crippen molar-refractivity contribution in [1.29, 1.82) is 0 Å². The standard InChI is InChI=1S/C13H17N3OS/c1-10-5-2-3-7-16(10)9-12-14-13(15-17-12)11-6-4-8-18-11/h4,6,8,10H,2-3,5,7,9H2,1H3. The molecule has 0 spiro atoms. The van der Waals surface area contributed by atoms with E-state index in [9.17, 15) is 0 Å². The van der Waals surface area contributed by atoms with Gasteiger partial charge in [-0.3, -0.25) is 4.90 Å². The van der Waals surface area contributed by atoms with Crippen LogP contribution in [0.25, 0.3) is 10.7 Å². The van der Waals surface area contributed by atoms with Gasteiger partial charge in [-0.15, -0.1) is 11.3 Å². The first-order valence-electron chi connectivity index (χ1n) is 6.43. The summed E-state index contributed by atoms with van der Waals surface area (Å²) in [5.41, 5.74) is 0. The maximum absolute atomic E-state index is 5.34. The maximum Gasteiger partial charge on any atom is 0.241 e. The van der Waals surface area contributed by atoms with Gasteiger partial charge in [0.1, 0.15) is 0 Å². The first-order chi connectivity index (χ1) is 8.83. The Labute approximate surface area is 111 Å². The summed E-state index contributed by atoms with van der Waals surface area (Å²) >= 11 is 1.64. The van der Waals surface area contributed by atoms with Crippen molar-refractivity contribution in [1.82, 2.24) is 15.0 Å². The highest BCUT2D eigenvalue weighted by atomic mass is 32.1. The molecule has 0 bridgehead atoms. The molecule has 0 amide bonds. The van der Waals surface area contributed by atoms with Gasteiger partial charge in [0.05, 0.1) is 11.4 Å². The monoisotopic (exact) mass is 263 g/mol. The third-order valence-electron chi connectivity index (χ3n) is 3.49. The molecule has 1 aliphatic heterocycles. The molecule has 0 saturated carbocycles. The Bertz CT molecular complexity index is 494. The topological polar surface area (TPSA) is 42.2 Å². The molecule has 3 rings (SSSR count). The molecule has 18 heavy (non-hydrogen) atoms. The Kier molecular flexibility index (Phi) is 3.43. The largest absolute Gasteiger partial charge is 0.338 e. The molecule has 1 atom stereocenters. The van der Waals surface area contributed by atoms with Crippen LogP contribution in [0.1, 0.15) is 32.1 Å². The van der Waals surface area contributed by atoms with Crippen molar-refractivity contribution in [3.05, 3.63) is 23.4 Å². The van der Waals surface area contributed by atoms with E-state index in [1.165, 1.54) is 19.3 Å². The maximum atomic E-state index is 5.34. The Hall–Kier alpha value is -1.20. The highest BCUT2D eigenvalue weighted by Crippen LogP contribution is 2.23. The van der Waals surface area contributed by atoms with Crippen molar-refractivity contribution in [3.8, 4) is 10.7 Å². The number of hydrogen-bond donors (Lipinski definition) is 0. The number of likely N-dealkylation sites (tertiary alicyclic amines) is 1. The molecule has 2 aromatic heterocycles. The summed E-state index contributed by atoms with van der Waals surface area (Å²) in [6, 6.07) is 4.64. The molecular weight excluding hydrogens is 246 g/mol. The van der Waals surface area contributed by atoms with Crippen molar-refractivity contribution >= 4 is 11.3 Å². The SMILES string of the molecule is CC1CCCCN1Cc1nc(-c2cccs2)no1. The van der Waals surface area contributed by atoms with E-state index in [2.05, 4.69) is 22.0 Å². The van der Waals surface area contributed by atoms with Crippen LogP contribution >= 0.6 is 11.3 Å². The van der Waals surface area contributed by atoms with Gasteiger partial charge < -0.3 is 4.52 Å². The lowest BCUT2D eigenvalue weighted by Gasteiger charge is -2.31. The summed E-state index contributed by atoms with van der Waals surface area (Å²) in [6.07, 6.45) is 3.88. The van der Waals surface area contributed by atoms with E-state index in [1.54, 1.807) is 11.3 Å². The molecule has 0 aliphatic carbocycles. The van der Waals surface area contributed by atoms with Crippen molar-refractivity contribution in [2.75, 3.05) is 6.54 Å². The predicted molar refractivity (Wildman–Crippen MR) is 71.3 cm³/mol. The number of rotatable bonds is 3. The average Bonchev–Trinajstić information content (AvgIpc) is 3.02. The predicted octanol–water partition coefficient (Wildman–Crippen LogP) is 3.17. The van der Waals surface area contributed by atoms with Gasteiger partial charge in [0.15, 0.2) is 0 Å². The van der Waals surface area contributed by atoms with Crippen molar-refractivity contribution in [2.45, 2.75) is 38.8 Å². The molecule has 0 aromatic carbocycles. The number of nitrogens with zero attached hydrogens (tertiary/aromatic N) is 3. The molecule has 1 unspecified atom stereocenters. The van der Waals surface area contributed by atoms with Crippen LogP contribution in [0.5, 0.6) is 0 Å². The molecule has 96 valence electrons. The van der Waals surface area contributed by atoms with Crippen LogP contribution in [0.15, 0.2) is 22.0 Å². The highest BCUT2D eigenvalue weighted by molar-refractivity contribution is 7.13. The molecular formula is C13H17N3OS. The molecule has 0 N–H and O–H groups in total. The molecule has 5 heteroatoms. The van der Waals surface area contributed by atoms with Crippen LogP contribution in [0, 0.1) is 0 Å². The highest BCUT2D eigenvalue weighted by Gasteiger charge is 2.20. The zero-order chi connectivity index (χ0) is 12.4. The van der Waals surface area contributed by atoms with Crippen molar-refractivity contribution in [3.63, 3.8) is 0 Å². The molecule has 1 aliphatic rings. The van der Waals surface area contributed by atoms with Gasteiger partial charge in [0.25, 0.3) is 0 Å². The number of aromatic nitrogens is 2. The lowest BCUT2D eigenvalue weighted by molar-refractivity contribution is 0.135. The minimum atomic E-state index is 0.621. The second-order valence-corrected chi connectivity index (χ2v) is 5.75. The van der Waals surface area contributed by atoms with Crippen LogP contribution in [0.4, 0.5) is 0 Å². The number of hydrogen-bond acceptors (Lipinski definition) is 5. The summed E-state index contributed by atoms with van der Waals surface area (Å²) in [7, 11) is 0. The molecule has 1 fully saturated rings. The van der Waals surface area contributed by atoms with Gasteiger partial charge in [0, 0.05) is 6.04 Å². The lowest BCUT2D eigenvalue weighted by Crippen LogP contribution is -2.36. The molecule has 4 nitrogen and oxygen atoms in total. The van der Waals surface area contributed by atoms with Gasteiger partial charge in [-0.2, -0.15) is 4.98 Å². The van der Waals surface area contributed by atoms with Gasteiger partial charge in [-0.05, 0) is 37.8 Å². The van der Waals surface area contributed by atoms with Crippen LogP contribution in [-0.2, 0) is 6.54 Å². The lowest BCUT2D eigenvalue weighted by atomic mass is 10.0. The fraction of sp³-hybridized carbons (Fsp3) is 0.538. The number of piperidine rings is 1. The van der Waals surface area contributed by atoms with E-state index in [0.717, 1.165) is 23.9 Å². The first kappa shape index (κ1) is 11.9. The second-order valence-electron chi connectivity index (χ2n) is 4.80. The summed E-state index contributed by atoms with van der Waals surface area (Å²) in [5.74, 6) is 1.44. The van der Waals surface area contributed by atoms with Crippen LogP contribution < -0.4 is 0 Å². The van der Waals surface area contributed by atoms with E-state index >= 15 is 0 Å². The minimum Gasteiger partial charge on any atom is -0.338 e. The Balaban J connectivity index is 1.70. The molecule has 2 aromatic rings. The van der Waals surface area contributed by atoms with Crippen LogP contribution in [0.2, 0.25) is 0 Å². The molecule has 3 heterocycles. The van der Waals surface area contributed by atoms with Gasteiger partial charge in [0.2, 0.25) is 11.7 Å². The third-order valence-corrected chi connectivity index (χ3v) is 4.35.